The number of terminal acetylenes is 1. The third-order valence-corrected chi connectivity index (χ3v) is 2.29. The van der Waals surface area contributed by atoms with Crippen LogP contribution in [0.3, 0.4) is 0 Å². The Kier molecular flexibility index (Phi) is 4.13. The highest BCUT2D eigenvalue weighted by atomic mass is 19.2. The second-order valence-corrected chi connectivity index (χ2v) is 3.48. The molecule has 0 N–H and O–H groups in total. The summed E-state index contributed by atoms with van der Waals surface area (Å²) in [5.74, 6) is -3.59. The summed E-state index contributed by atoms with van der Waals surface area (Å²) in [4.78, 5) is 0. The molecule has 0 heterocycles. The van der Waals surface area contributed by atoms with Gasteiger partial charge in [-0.1, -0.05) is 5.92 Å². The van der Waals surface area contributed by atoms with Crippen LogP contribution in [0.2, 0.25) is 0 Å². The van der Waals surface area contributed by atoms with Crippen LogP contribution < -0.4 is 0 Å². The maximum absolute atomic E-state index is 13.3. The first-order valence-electron chi connectivity index (χ1n) is 4.79. The van der Waals surface area contributed by atoms with Gasteiger partial charge in [-0.25, -0.2) is 17.6 Å². The van der Waals surface area contributed by atoms with Crippen molar-refractivity contribution in [1.82, 2.24) is 0 Å². The molecule has 0 aliphatic heterocycles. The molecule has 1 nitrogen and oxygen atoms in total. The predicted molar refractivity (Wildman–Crippen MR) is 54.1 cm³/mol. The first kappa shape index (κ1) is 13.5. The molecule has 0 saturated heterocycles. The summed E-state index contributed by atoms with van der Waals surface area (Å²) >= 11 is 0. The van der Waals surface area contributed by atoms with E-state index in [0.29, 0.717) is 0 Å². The van der Waals surface area contributed by atoms with Gasteiger partial charge in [0.25, 0.3) is 0 Å². The number of benzene rings is 1. The van der Waals surface area contributed by atoms with E-state index in [-0.39, 0.29) is 0 Å². The zero-order valence-electron chi connectivity index (χ0n) is 9.28. The number of hydrogen-bond donors (Lipinski definition) is 0. The highest BCUT2D eigenvalue weighted by Crippen LogP contribution is 2.24. The number of ether oxygens (including phenoxy) is 1. The Hall–Kier alpha value is -1.54. The van der Waals surface area contributed by atoms with Crippen LogP contribution in [-0.4, -0.2) is 6.10 Å². The Labute approximate surface area is 96.4 Å². The first-order chi connectivity index (χ1) is 7.90. The Bertz CT molecular complexity index is 447. The minimum absolute atomic E-state index is 0.628. The van der Waals surface area contributed by atoms with Crippen molar-refractivity contribution in [3.63, 3.8) is 0 Å². The van der Waals surface area contributed by atoms with E-state index in [0.717, 1.165) is 6.92 Å². The molecule has 92 valence electrons. The van der Waals surface area contributed by atoms with Gasteiger partial charge in [-0.05, 0) is 13.8 Å². The quantitative estimate of drug-likeness (QED) is 0.452. The molecule has 0 radical (unpaired) electrons. The third kappa shape index (κ3) is 2.59. The van der Waals surface area contributed by atoms with Gasteiger partial charge in [0.2, 0.25) is 0 Å². The van der Waals surface area contributed by atoms with Gasteiger partial charge in [0.15, 0.2) is 23.3 Å². The SMILES string of the molecule is C#CC(C)OCc1c(F)c(F)c(C)c(F)c1F. The van der Waals surface area contributed by atoms with Crippen LogP contribution in [0, 0.1) is 42.5 Å². The maximum Gasteiger partial charge on any atom is 0.167 e. The summed E-state index contributed by atoms with van der Waals surface area (Å²) in [5, 5.41) is 0. The average molecular weight is 246 g/mol. The second kappa shape index (κ2) is 5.19. The van der Waals surface area contributed by atoms with Gasteiger partial charge in [-0.2, -0.15) is 0 Å². The van der Waals surface area contributed by atoms with Gasteiger partial charge >= 0.3 is 0 Å². The van der Waals surface area contributed by atoms with Crippen molar-refractivity contribution >= 4 is 0 Å². The molecule has 1 aromatic carbocycles. The Morgan fingerprint density at radius 3 is 2.00 bits per heavy atom. The van der Waals surface area contributed by atoms with E-state index >= 15 is 0 Å². The van der Waals surface area contributed by atoms with Crippen molar-refractivity contribution in [2.45, 2.75) is 26.6 Å². The van der Waals surface area contributed by atoms with E-state index in [2.05, 4.69) is 5.92 Å². The van der Waals surface area contributed by atoms with Crippen molar-refractivity contribution in [1.29, 1.82) is 0 Å². The van der Waals surface area contributed by atoms with Crippen molar-refractivity contribution in [3.05, 3.63) is 34.4 Å². The van der Waals surface area contributed by atoms with E-state index in [4.69, 9.17) is 11.2 Å². The lowest BCUT2D eigenvalue weighted by Crippen LogP contribution is -2.11. The van der Waals surface area contributed by atoms with Crippen LogP contribution in [0.1, 0.15) is 18.1 Å². The fourth-order valence-electron chi connectivity index (χ4n) is 1.17. The summed E-state index contributed by atoms with van der Waals surface area (Å²) in [6.07, 6.45) is 4.28. The normalized spacial score (nSPS) is 12.3. The number of hydrogen-bond acceptors (Lipinski definition) is 1. The topological polar surface area (TPSA) is 9.23 Å². The van der Waals surface area contributed by atoms with Crippen molar-refractivity contribution < 1.29 is 22.3 Å². The maximum atomic E-state index is 13.3. The predicted octanol–water partition coefficient (Wildman–Crippen LogP) is 3.09. The van der Waals surface area contributed by atoms with E-state index < -0.39 is 47.1 Å². The van der Waals surface area contributed by atoms with Crippen LogP contribution in [0.25, 0.3) is 0 Å². The van der Waals surface area contributed by atoms with Gasteiger partial charge in [0, 0.05) is 5.56 Å². The molecule has 5 heteroatoms. The smallest absolute Gasteiger partial charge is 0.167 e. The first-order valence-corrected chi connectivity index (χ1v) is 4.79. The lowest BCUT2D eigenvalue weighted by atomic mass is 10.1. The van der Waals surface area contributed by atoms with E-state index in [1.54, 1.807) is 0 Å². The second-order valence-electron chi connectivity index (χ2n) is 3.48. The fourth-order valence-corrected chi connectivity index (χ4v) is 1.17. The van der Waals surface area contributed by atoms with Gasteiger partial charge < -0.3 is 4.74 Å². The zero-order chi connectivity index (χ0) is 13.2. The standard InChI is InChI=1S/C12H10F4O/c1-4-6(2)17-5-8-11(15)9(13)7(3)10(14)12(8)16/h1,6H,5H2,2-3H3. The molecule has 0 aromatic heterocycles. The number of rotatable bonds is 3. The lowest BCUT2D eigenvalue weighted by Gasteiger charge is -2.11. The molecule has 0 aliphatic rings. The van der Waals surface area contributed by atoms with E-state index in [9.17, 15) is 17.6 Å². The van der Waals surface area contributed by atoms with Gasteiger partial charge in [-0.3, -0.25) is 0 Å². The Morgan fingerprint density at radius 1 is 1.12 bits per heavy atom. The monoisotopic (exact) mass is 246 g/mol. The molecule has 1 atom stereocenters. The summed E-state index contributed by atoms with van der Waals surface area (Å²) in [5.41, 5.74) is -1.50. The van der Waals surface area contributed by atoms with Crippen LogP contribution in [-0.2, 0) is 11.3 Å². The average Bonchev–Trinajstić information content (AvgIpc) is 2.33. The molecule has 0 amide bonds. The minimum atomic E-state index is -1.45. The lowest BCUT2D eigenvalue weighted by molar-refractivity contribution is 0.0847. The highest BCUT2D eigenvalue weighted by Gasteiger charge is 2.23. The summed E-state index contributed by atoms with van der Waals surface area (Å²) in [6.45, 7) is 1.79. The summed E-state index contributed by atoms with van der Waals surface area (Å²) in [7, 11) is 0. The Morgan fingerprint density at radius 2 is 1.59 bits per heavy atom. The third-order valence-electron chi connectivity index (χ3n) is 2.29. The highest BCUT2D eigenvalue weighted by molar-refractivity contribution is 5.28. The summed E-state index contributed by atoms with van der Waals surface area (Å²) < 4.78 is 57.8. The van der Waals surface area contributed by atoms with Crippen molar-refractivity contribution in [2.75, 3.05) is 0 Å². The molecule has 0 fully saturated rings. The van der Waals surface area contributed by atoms with Gasteiger partial charge in [0.05, 0.1) is 12.2 Å². The van der Waals surface area contributed by atoms with E-state index in [1.165, 1.54) is 6.92 Å². The molecule has 0 saturated carbocycles. The van der Waals surface area contributed by atoms with Gasteiger partial charge in [-0.15, -0.1) is 6.42 Å². The van der Waals surface area contributed by atoms with Crippen LogP contribution in [0.15, 0.2) is 0 Å². The van der Waals surface area contributed by atoms with Crippen molar-refractivity contribution in [3.8, 4) is 12.3 Å². The molecule has 0 bridgehead atoms. The van der Waals surface area contributed by atoms with Crippen molar-refractivity contribution in [2.24, 2.45) is 0 Å². The van der Waals surface area contributed by atoms with Crippen LogP contribution >= 0.6 is 0 Å². The fraction of sp³-hybridized carbons (Fsp3) is 0.333. The molecular weight excluding hydrogens is 236 g/mol. The molecule has 17 heavy (non-hydrogen) atoms. The largest absolute Gasteiger partial charge is 0.361 e. The molecular formula is C12H10F4O. The number of halogens is 4. The Balaban J connectivity index is 3.13. The zero-order valence-corrected chi connectivity index (χ0v) is 9.28. The van der Waals surface area contributed by atoms with Crippen LogP contribution in [0.4, 0.5) is 17.6 Å². The summed E-state index contributed by atoms with van der Waals surface area (Å²) in [6, 6.07) is 0. The molecule has 1 rings (SSSR count). The minimum Gasteiger partial charge on any atom is -0.361 e. The molecule has 1 unspecified atom stereocenters. The molecule has 0 aliphatic carbocycles. The van der Waals surface area contributed by atoms with E-state index in [1.807, 2.05) is 0 Å². The van der Waals surface area contributed by atoms with Crippen LogP contribution in [0.5, 0.6) is 0 Å². The molecule has 0 spiro atoms. The van der Waals surface area contributed by atoms with Gasteiger partial charge in [0.1, 0.15) is 6.10 Å². The molecule has 1 aromatic rings.